The summed E-state index contributed by atoms with van der Waals surface area (Å²) in [6, 6.07) is 5.29. The maximum atomic E-state index is 13.7. The molecule has 1 saturated heterocycles. The molecule has 1 fully saturated rings. The summed E-state index contributed by atoms with van der Waals surface area (Å²) in [6.45, 7) is 5.91. The molecule has 0 N–H and O–H groups in total. The summed E-state index contributed by atoms with van der Waals surface area (Å²) in [5.74, 6) is -2.12. The lowest BCUT2D eigenvalue weighted by Gasteiger charge is -2.30. The lowest BCUT2D eigenvalue weighted by Crippen LogP contribution is -2.42. The molecule has 6 nitrogen and oxygen atoms in total. The van der Waals surface area contributed by atoms with Crippen molar-refractivity contribution in [3.8, 4) is 0 Å². The predicted octanol–water partition coefficient (Wildman–Crippen LogP) is 7.28. The normalized spacial score (nSPS) is 20.6. The summed E-state index contributed by atoms with van der Waals surface area (Å²) in [4.78, 5) is 26.7. The second kappa shape index (κ2) is 11.9. The van der Waals surface area contributed by atoms with Gasteiger partial charge in [0.2, 0.25) is 0 Å². The van der Waals surface area contributed by atoms with Gasteiger partial charge in [-0.05, 0) is 69.2 Å². The highest BCUT2D eigenvalue weighted by molar-refractivity contribution is 5.74. The van der Waals surface area contributed by atoms with Gasteiger partial charge < -0.3 is 19.1 Å². The van der Waals surface area contributed by atoms with Crippen LogP contribution in [0.2, 0.25) is 0 Å². The zero-order valence-corrected chi connectivity index (χ0v) is 22.9. The van der Waals surface area contributed by atoms with Gasteiger partial charge in [-0.2, -0.15) is 26.3 Å². The molecular formula is C28H30F7NO5. The molecule has 2 aromatic carbocycles. The SMILES string of the molecule is COC(=O)C[C@@H]1[C@H](c2ccc(F)cc2)[C@@H](O[C@H](C)c2cc(C(F)(F)F)cc(C(F)(F)F)c2)CN1C(=O)OC(C)(C)C. The van der Waals surface area contributed by atoms with Gasteiger partial charge in [0, 0.05) is 5.92 Å². The number of likely N-dealkylation sites (tertiary alicyclic amines) is 1. The number of rotatable bonds is 6. The van der Waals surface area contributed by atoms with E-state index in [4.69, 9.17) is 14.2 Å². The van der Waals surface area contributed by atoms with Crippen molar-refractivity contribution in [1.29, 1.82) is 0 Å². The Kier molecular flexibility index (Phi) is 9.31. The van der Waals surface area contributed by atoms with E-state index in [1.165, 1.54) is 24.0 Å². The monoisotopic (exact) mass is 593 g/mol. The van der Waals surface area contributed by atoms with Crippen LogP contribution in [0.3, 0.4) is 0 Å². The molecule has 0 spiro atoms. The lowest BCUT2D eigenvalue weighted by atomic mass is 9.88. The standard InChI is InChI=1S/C28H30F7NO5/c1-15(17-10-18(27(30,31)32)12-19(11-17)28(33,34)35)40-22-14-36(25(38)41-26(2,3)4)21(13-23(37)39-5)24(22)16-6-8-20(29)9-7-16/h6-12,15,21-22,24H,13-14H2,1-5H3/t15-,21-,22+,24+/m1/s1. The predicted molar refractivity (Wildman–Crippen MR) is 132 cm³/mol. The molecular weight excluding hydrogens is 563 g/mol. The number of amides is 1. The molecule has 226 valence electrons. The molecule has 2 aromatic rings. The zero-order valence-electron chi connectivity index (χ0n) is 22.9. The molecule has 4 atom stereocenters. The van der Waals surface area contributed by atoms with Crippen LogP contribution in [0.5, 0.6) is 0 Å². The largest absolute Gasteiger partial charge is 0.469 e. The highest BCUT2D eigenvalue weighted by Gasteiger charge is 2.48. The van der Waals surface area contributed by atoms with Crippen molar-refractivity contribution in [2.45, 2.75) is 76.2 Å². The highest BCUT2D eigenvalue weighted by Crippen LogP contribution is 2.42. The van der Waals surface area contributed by atoms with Gasteiger partial charge in [-0.1, -0.05) is 12.1 Å². The van der Waals surface area contributed by atoms with Crippen molar-refractivity contribution in [2.24, 2.45) is 0 Å². The van der Waals surface area contributed by atoms with E-state index in [9.17, 15) is 40.3 Å². The fourth-order valence-corrected chi connectivity index (χ4v) is 4.71. The Labute approximate surface area is 232 Å². The van der Waals surface area contributed by atoms with E-state index >= 15 is 0 Å². The van der Waals surface area contributed by atoms with Gasteiger partial charge in [-0.25, -0.2) is 9.18 Å². The second-order valence-corrected chi connectivity index (χ2v) is 10.7. The number of hydrogen-bond acceptors (Lipinski definition) is 5. The van der Waals surface area contributed by atoms with Crippen molar-refractivity contribution in [3.05, 3.63) is 70.5 Å². The molecule has 0 unspecified atom stereocenters. The highest BCUT2D eigenvalue weighted by atomic mass is 19.4. The minimum atomic E-state index is -5.06. The van der Waals surface area contributed by atoms with Crippen LogP contribution >= 0.6 is 0 Å². The maximum absolute atomic E-state index is 13.7. The number of benzene rings is 2. The number of hydrogen-bond donors (Lipinski definition) is 0. The molecule has 1 aliphatic heterocycles. The Bertz CT molecular complexity index is 1210. The summed E-state index contributed by atoms with van der Waals surface area (Å²) >= 11 is 0. The van der Waals surface area contributed by atoms with E-state index in [1.807, 2.05) is 0 Å². The van der Waals surface area contributed by atoms with Gasteiger partial charge in [0.25, 0.3) is 0 Å². The molecule has 1 heterocycles. The first-order valence-electron chi connectivity index (χ1n) is 12.6. The van der Waals surface area contributed by atoms with E-state index in [-0.39, 0.29) is 19.0 Å². The number of carbonyl (C=O) groups excluding carboxylic acids is 2. The number of ether oxygens (including phenoxy) is 3. The molecule has 41 heavy (non-hydrogen) atoms. The smallest absolute Gasteiger partial charge is 0.416 e. The van der Waals surface area contributed by atoms with Crippen LogP contribution in [-0.4, -0.2) is 48.4 Å². The Morgan fingerprint density at radius 2 is 1.49 bits per heavy atom. The summed E-state index contributed by atoms with van der Waals surface area (Å²) in [6.07, 6.45) is -13.6. The van der Waals surface area contributed by atoms with Crippen molar-refractivity contribution >= 4 is 12.1 Å². The molecule has 1 aliphatic rings. The third kappa shape index (κ3) is 8.11. The van der Waals surface area contributed by atoms with Crippen LogP contribution in [0, 0.1) is 5.82 Å². The number of halogens is 7. The summed E-state index contributed by atoms with van der Waals surface area (Å²) in [5.41, 5.74) is -3.92. The minimum Gasteiger partial charge on any atom is -0.469 e. The van der Waals surface area contributed by atoms with Crippen LogP contribution in [-0.2, 0) is 31.4 Å². The van der Waals surface area contributed by atoms with Gasteiger partial charge in [0.1, 0.15) is 11.4 Å². The van der Waals surface area contributed by atoms with Gasteiger partial charge in [-0.15, -0.1) is 0 Å². The molecule has 0 bridgehead atoms. The van der Waals surface area contributed by atoms with E-state index < -0.39 is 76.7 Å². The molecule has 0 aliphatic carbocycles. The topological polar surface area (TPSA) is 65.1 Å². The number of alkyl halides is 6. The summed E-state index contributed by atoms with van der Waals surface area (Å²) in [5, 5.41) is 0. The first-order chi connectivity index (χ1) is 18.8. The first-order valence-corrected chi connectivity index (χ1v) is 12.6. The zero-order chi connectivity index (χ0) is 30.9. The Hall–Kier alpha value is -3.35. The van der Waals surface area contributed by atoms with Crippen LogP contribution < -0.4 is 0 Å². The summed E-state index contributed by atoms with van der Waals surface area (Å²) < 4.78 is 111. The quantitative estimate of drug-likeness (QED) is 0.260. The number of carbonyl (C=O) groups is 2. The number of methoxy groups -OCH3 is 1. The van der Waals surface area contributed by atoms with Crippen LogP contribution in [0.1, 0.15) is 68.4 Å². The van der Waals surface area contributed by atoms with Crippen LogP contribution in [0.4, 0.5) is 35.5 Å². The Morgan fingerprint density at radius 1 is 0.951 bits per heavy atom. The van der Waals surface area contributed by atoms with Crippen molar-refractivity contribution in [2.75, 3.05) is 13.7 Å². The Balaban J connectivity index is 2.07. The first kappa shape index (κ1) is 32.2. The maximum Gasteiger partial charge on any atom is 0.416 e. The average molecular weight is 594 g/mol. The fraction of sp³-hybridized carbons (Fsp3) is 0.500. The van der Waals surface area contributed by atoms with E-state index in [0.29, 0.717) is 17.7 Å². The van der Waals surface area contributed by atoms with Gasteiger partial charge in [0.15, 0.2) is 0 Å². The van der Waals surface area contributed by atoms with Gasteiger partial charge >= 0.3 is 24.4 Å². The molecule has 0 aromatic heterocycles. The fourth-order valence-electron chi connectivity index (χ4n) is 4.71. The van der Waals surface area contributed by atoms with Gasteiger partial charge in [0.05, 0.1) is 49.5 Å². The third-order valence-corrected chi connectivity index (χ3v) is 6.54. The second-order valence-electron chi connectivity index (χ2n) is 10.7. The molecule has 13 heteroatoms. The van der Waals surface area contributed by atoms with E-state index in [2.05, 4.69) is 0 Å². The third-order valence-electron chi connectivity index (χ3n) is 6.54. The lowest BCUT2D eigenvalue weighted by molar-refractivity contribution is -0.144. The van der Waals surface area contributed by atoms with Crippen molar-refractivity contribution < 1.29 is 54.5 Å². The van der Waals surface area contributed by atoms with Crippen LogP contribution in [0.15, 0.2) is 42.5 Å². The molecule has 0 saturated carbocycles. The molecule has 3 rings (SSSR count). The minimum absolute atomic E-state index is 0.0176. The molecule has 0 radical (unpaired) electrons. The number of nitrogens with zero attached hydrogens (tertiary/aromatic N) is 1. The van der Waals surface area contributed by atoms with Crippen molar-refractivity contribution in [3.63, 3.8) is 0 Å². The summed E-state index contributed by atoms with van der Waals surface area (Å²) in [7, 11) is 1.14. The van der Waals surface area contributed by atoms with Gasteiger partial charge in [-0.3, -0.25) is 4.79 Å². The average Bonchev–Trinajstić information content (AvgIpc) is 3.19. The van der Waals surface area contributed by atoms with E-state index in [1.54, 1.807) is 20.8 Å². The number of esters is 1. The van der Waals surface area contributed by atoms with Crippen molar-refractivity contribution in [1.82, 2.24) is 4.90 Å². The Morgan fingerprint density at radius 3 is 1.95 bits per heavy atom. The van der Waals surface area contributed by atoms with Crippen LogP contribution in [0.25, 0.3) is 0 Å². The van der Waals surface area contributed by atoms with E-state index in [0.717, 1.165) is 19.2 Å². The molecule has 1 amide bonds.